The fourth-order valence-corrected chi connectivity index (χ4v) is 3.97. The summed E-state index contributed by atoms with van der Waals surface area (Å²) in [6, 6.07) is 21.6. The molecule has 1 aliphatic rings. The van der Waals surface area contributed by atoms with Gasteiger partial charge in [-0.15, -0.1) is 0 Å². The normalized spacial score (nSPS) is 15.4. The summed E-state index contributed by atoms with van der Waals surface area (Å²) in [5.41, 5.74) is 3.35. The molecule has 0 unspecified atom stereocenters. The van der Waals surface area contributed by atoms with Gasteiger partial charge in [0.2, 0.25) is 0 Å². The lowest BCUT2D eigenvalue weighted by Gasteiger charge is -2.35. The SMILES string of the molecule is COCCOC(=O)C1=C(C)N(Cc2ccccc2)C(=O)N[C@@H]1c1cccc(OCc2ccccn2)c1. The molecule has 3 aromatic rings. The number of aromatic nitrogens is 1. The number of allylic oxidation sites excluding steroid dienone is 1. The third-order valence-corrected chi connectivity index (χ3v) is 5.82. The topological polar surface area (TPSA) is 90.0 Å². The number of ether oxygens (including phenoxy) is 3. The third kappa shape index (κ3) is 6.09. The molecular weight excluding hydrogens is 458 g/mol. The fraction of sp³-hybridized carbons (Fsp3) is 0.250. The molecule has 0 fully saturated rings. The fourth-order valence-electron chi connectivity index (χ4n) is 3.97. The molecule has 1 aliphatic heterocycles. The summed E-state index contributed by atoms with van der Waals surface area (Å²) in [6.45, 7) is 2.78. The predicted molar refractivity (Wildman–Crippen MR) is 134 cm³/mol. The van der Waals surface area contributed by atoms with E-state index < -0.39 is 12.0 Å². The highest BCUT2D eigenvalue weighted by atomic mass is 16.6. The quantitative estimate of drug-likeness (QED) is 0.337. The van der Waals surface area contributed by atoms with Crippen molar-refractivity contribution in [2.45, 2.75) is 26.1 Å². The van der Waals surface area contributed by atoms with Crippen LogP contribution < -0.4 is 10.1 Å². The van der Waals surface area contributed by atoms with Crippen molar-refractivity contribution in [2.75, 3.05) is 20.3 Å². The summed E-state index contributed by atoms with van der Waals surface area (Å²) in [5.74, 6) is 0.0938. The molecule has 2 aromatic carbocycles. The summed E-state index contributed by atoms with van der Waals surface area (Å²) < 4.78 is 16.4. The largest absolute Gasteiger partial charge is 0.487 e. The second-order valence-corrected chi connectivity index (χ2v) is 8.26. The van der Waals surface area contributed by atoms with E-state index in [4.69, 9.17) is 14.2 Å². The van der Waals surface area contributed by atoms with Crippen molar-refractivity contribution in [3.8, 4) is 5.75 Å². The van der Waals surface area contributed by atoms with Crippen LogP contribution in [0.1, 0.15) is 29.8 Å². The first kappa shape index (κ1) is 24.9. The molecule has 0 radical (unpaired) electrons. The number of nitrogens with one attached hydrogen (secondary N) is 1. The number of amides is 2. The zero-order chi connectivity index (χ0) is 25.3. The molecule has 2 amide bonds. The Morgan fingerprint density at radius 1 is 1.03 bits per heavy atom. The number of hydrogen-bond acceptors (Lipinski definition) is 6. The van der Waals surface area contributed by atoms with E-state index in [2.05, 4.69) is 10.3 Å². The van der Waals surface area contributed by atoms with Crippen molar-refractivity contribution in [3.63, 3.8) is 0 Å². The number of nitrogens with zero attached hydrogens (tertiary/aromatic N) is 2. The van der Waals surface area contributed by atoms with Crippen molar-refractivity contribution >= 4 is 12.0 Å². The van der Waals surface area contributed by atoms with Gasteiger partial charge in [0.25, 0.3) is 0 Å². The highest BCUT2D eigenvalue weighted by molar-refractivity contribution is 5.95. The first-order valence-electron chi connectivity index (χ1n) is 11.7. The number of pyridine rings is 1. The van der Waals surface area contributed by atoms with E-state index in [1.807, 2.05) is 72.8 Å². The molecule has 36 heavy (non-hydrogen) atoms. The van der Waals surface area contributed by atoms with Gasteiger partial charge in [0.05, 0.1) is 30.5 Å². The minimum absolute atomic E-state index is 0.110. The number of carbonyl (C=O) groups is 2. The van der Waals surface area contributed by atoms with Crippen LogP contribution in [0.15, 0.2) is 90.3 Å². The first-order valence-corrected chi connectivity index (χ1v) is 11.7. The van der Waals surface area contributed by atoms with Gasteiger partial charge in [-0.25, -0.2) is 9.59 Å². The first-order chi connectivity index (χ1) is 17.6. The number of methoxy groups -OCH3 is 1. The number of carbonyl (C=O) groups excluding carboxylic acids is 2. The van der Waals surface area contributed by atoms with Gasteiger partial charge in [0, 0.05) is 19.0 Å². The highest BCUT2D eigenvalue weighted by Gasteiger charge is 2.36. The minimum atomic E-state index is -0.696. The molecule has 1 atom stereocenters. The summed E-state index contributed by atoms with van der Waals surface area (Å²) >= 11 is 0. The zero-order valence-electron chi connectivity index (χ0n) is 20.3. The lowest BCUT2D eigenvalue weighted by atomic mass is 9.94. The van der Waals surface area contributed by atoms with Crippen molar-refractivity contribution in [3.05, 3.63) is 107 Å². The highest BCUT2D eigenvalue weighted by Crippen LogP contribution is 2.33. The minimum Gasteiger partial charge on any atom is -0.487 e. The van der Waals surface area contributed by atoms with E-state index >= 15 is 0 Å². The Kier molecular flexibility index (Phi) is 8.31. The van der Waals surface area contributed by atoms with E-state index in [9.17, 15) is 9.59 Å². The van der Waals surface area contributed by atoms with Crippen LogP contribution in [-0.2, 0) is 27.4 Å². The molecule has 8 heteroatoms. The number of urea groups is 1. The standard InChI is InChI=1S/C28H29N3O5/c1-20-25(27(32)35-16-15-34-2)26(30-28(33)31(20)18-21-9-4-3-5-10-21)22-11-8-13-24(17-22)36-19-23-12-6-7-14-29-23/h3-14,17,26H,15-16,18-19H2,1-2H3,(H,30,33)/t26-/m1/s1. The van der Waals surface area contributed by atoms with Crippen LogP contribution in [0.2, 0.25) is 0 Å². The molecule has 186 valence electrons. The predicted octanol–water partition coefficient (Wildman–Crippen LogP) is 4.39. The summed E-state index contributed by atoms with van der Waals surface area (Å²) in [5, 5.41) is 2.98. The molecular formula is C28H29N3O5. The van der Waals surface area contributed by atoms with E-state index in [1.165, 1.54) is 0 Å². The van der Waals surface area contributed by atoms with Crippen LogP contribution in [-0.4, -0.2) is 42.2 Å². The van der Waals surface area contributed by atoms with E-state index in [-0.39, 0.29) is 19.2 Å². The average molecular weight is 488 g/mol. The molecule has 0 saturated carbocycles. The van der Waals surface area contributed by atoms with Gasteiger partial charge in [-0.05, 0) is 42.3 Å². The Labute approximate surface area is 210 Å². The second kappa shape index (κ2) is 12.0. The smallest absolute Gasteiger partial charge is 0.338 e. The van der Waals surface area contributed by atoms with Gasteiger partial charge < -0.3 is 19.5 Å². The Hall–Kier alpha value is -4.17. The average Bonchev–Trinajstić information content (AvgIpc) is 2.91. The van der Waals surface area contributed by atoms with Gasteiger partial charge in [0.1, 0.15) is 19.0 Å². The summed E-state index contributed by atoms with van der Waals surface area (Å²) in [4.78, 5) is 32.2. The van der Waals surface area contributed by atoms with Gasteiger partial charge in [-0.3, -0.25) is 9.88 Å². The van der Waals surface area contributed by atoms with Crippen LogP contribution in [0.25, 0.3) is 0 Å². The van der Waals surface area contributed by atoms with Crippen molar-refractivity contribution < 1.29 is 23.8 Å². The van der Waals surface area contributed by atoms with Crippen LogP contribution in [0.5, 0.6) is 5.75 Å². The van der Waals surface area contributed by atoms with Crippen molar-refractivity contribution in [1.82, 2.24) is 15.2 Å². The summed E-state index contributed by atoms with van der Waals surface area (Å²) in [7, 11) is 1.54. The Balaban J connectivity index is 1.63. The third-order valence-electron chi connectivity index (χ3n) is 5.82. The van der Waals surface area contributed by atoms with Crippen molar-refractivity contribution in [1.29, 1.82) is 0 Å². The lowest BCUT2D eigenvalue weighted by Crippen LogP contribution is -2.47. The molecule has 1 N–H and O–H groups in total. The number of rotatable bonds is 10. The van der Waals surface area contributed by atoms with Crippen LogP contribution in [0, 0.1) is 0 Å². The summed E-state index contributed by atoms with van der Waals surface area (Å²) in [6.07, 6.45) is 1.71. The van der Waals surface area contributed by atoms with Gasteiger partial charge in [-0.2, -0.15) is 0 Å². The molecule has 4 rings (SSSR count). The van der Waals surface area contributed by atoms with Gasteiger partial charge in [0.15, 0.2) is 0 Å². The van der Waals surface area contributed by atoms with Crippen LogP contribution in [0.4, 0.5) is 4.79 Å². The second-order valence-electron chi connectivity index (χ2n) is 8.26. The van der Waals surface area contributed by atoms with Gasteiger partial charge in [-0.1, -0.05) is 48.5 Å². The maximum Gasteiger partial charge on any atom is 0.338 e. The Morgan fingerprint density at radius 2 is 1.83 bits per heavy atom. The molecule has 1 aromatic heterocycles. The van der Waals surface area contributed by atoms with Gasteiger partial charge >= 0.3 is 12.0 Å². The molecule has 0 bridgehead atoms. The maximum atomic E-state index is 13.2. The van der Waals surface area contributed by atoms with E-state index in [0.29, 0.717) is 35.7 Å². The van der Waals surface area contributed by atoms with E-state index in [1.54, 1.807) is 25.1 Å². The molecule has 0 aliphatic carbocycles. The van der Waals surface area contributed by atoms with Crippen LogP contribution in [0.3, 0.4) is 0 Å². The zero-order valence-corrected chi connectivity index (χ0v) is 20.3. The monoisotopic (exact) mass is 487 g/mol. The molecule has 8 nitrogen and oxygen atoms in total. The maximum absolute atomic E-state index is 13.2. The molecule has 2 heterocycles. The Bertz CT molecular complexity index is 1210. The number of benzene rings is 2. The number of hydrogen-bond donors (Lipinski definition) is 1. The lowest BCUT2D eigenvalue weighted by molar-refractivity contribution is -0.140. The van der Waals surface area contributed by atoms with Crippen molar-refractivity contribution in [2.24, 2.45) is 0 Å². The molecule has 0 saturated heterocycles. The Morgan fingerprint density at radius 3 is 2.58 bits per heavy atom. The van der Waals surface area contributed by atoms with Crippen LogP contribution >= 0.6 is 0 Å². The number of esters is 1. The van der Waals surface area contributed by atoms with E-state index in [0.717, 1.165) is 11.3 Å². The molecule has 0 spiro atoms.